The van der Waals surface area contributed by atoms with Crippen LogP contribution in [-0.4, -0.2) is 19.4 Å². The highest BCUT2D eigenvalue weighted by Gasteiger charge is 2.09. The number of benzene rings is 1. The normalized spacial score (nSPS) is 11.8. The van der Waals surface area contributed by atoms with Gasteiger partial charge in [0.25, 0.3) is 0 Å². The van der Waals surface area contributed by atoms with Crippen molar-refractivity contribution in [3.63, 3.8) is 0 Å². The van der Waals surface area contributed by atoms with Crippen molar-refractivity contribution >= 4 is 5.71 Å². The van der Waals surface area contributed by atoms with Crippen molar-refractivity contribution in [3.8, 4) is 5.75 Å². The fourth-order valence-electron chi connectivity index (χ4n) is 2.74. The predicted molar refractivity (Wildman–Crippen MR) is 103 cm³/mol. The van der Waals surface area contributed by atoms with E-state index < -0.39 is 0 Å². The van der Waals surface area contributed by atoms with Gasteiger partial charge in [0.1, 0.15) is 12.9 Å². The van der Waals surface area contributed by atoms with Crippen molar-refractivity contribution in [1.29, 1.82) is 0 Å². The molecule has 24 heavy (non-hydrogen) atoms. The van der Waals surface area contributed by atoms with Crippen LogP contribution in [0.2, 0.25) is 0 Å². The molecule has 0 radical (unpaired) electrons. The molecular formula is C21H35NO2. The van der Waals surface area contributed by atoms with Crippen LogP contribution in [0.3, 0.4) is 0 Å². The van der Waals surface area contributed by atoms with Crippen LogP contribution in [-0.2, 0) is 4.84 Å². The molecule has 0 aliphatic rings. The van der Waals surface area contributed by atoms with Gasteiger partial charge in [-0.25, -0.2) is 0 Å². The van der Waals surface area contributed by atoms with Gasteiger partial charge < -0.3 is 9.57 Å². The molecular weight excluding hydrogens is 298 g/mol. The fraction of sp³-hybridized carbons (Fsp3) is 0.667. The van der Waals surface area contributed by atoms with E-state index >= 15 is 0 Å². The molecule has 0 amide bonds. The summed E-state index contributed by atoms with van der Waals surface area (Å²) in [6.45, 7) is 7.30. The molecule has 0 unspecified atom stereocenters. The van der Waals surface area contributed by atoms with E-state index in [2.05, 4.69) is 38.1 Å². The second-order valence-electron chi connectivity index (χ2n) is 6.66. The van der Waals surface area contributed by atoms with E-state index in [1.165, 1.54) is 44.9 Å². The number of hydrogen-bond acceptors (Lipinski definition) is 3. The molecule has 0 bridgehead atoms. The summed E-state index contributed by atoms with van der Waals surface area (Å²) in [5.41, 5.74) is 2.05. The van der Waals surface area contributed by atoms with Gasteiger partial charge in [-0.05, 0) is 42.2 Å². The average molecular weight is 334 g/mol. The minimum Gasteiger partial charge on any atom is -0.494 e. The second kappa shape index (κ2) is 12.9. The molecule has 0 spiro atoms. The Morgan fingerprint density at radius 3 is 2.04 bits per heavy atom. The maximum absolute atomic E-state index is 5.84. The van der Waals surface area contributed by atoms with Gasteiger partial charge in [0, 0.05) is 0 Å². The van der Waals surface area contributed by atoms with Gasteiger partial charge in [-0.15, -0.1) is 0 Å². The summed E-state index contributed by atoms with van der Waals surface area (Å²) >= 11 is 0. The van der Waals surface area contributed by atoms with E-state index in [9.17, 15) is 0 Å². The van der Waals surface area contributed by atoms with Crippen LogP contribution >= 0.6 is 0 Å². The first-order valence-electron chi connectivity index (χ1n) is 9.53. The third-order valence-corrected chi connectivity index (χ3v) is 4.15. The Morgan fingerprint density at radius 2 is 1.50 bits per heavy atom. The van der Waals surface area contributed by atoms with E-state index in [-0.39, 0.29) is 0 Å². The van der Waals surface area contributed by atoms with Gasteiger partial charge >= 0.3 is 0 Å². The molecule has 1 aromatic carbocycles. The number of ether oxygens (including phenoxy) is 1. The lowest BCUT2D eigenvalue weighted by Crippen LogP contribution is -2.09. The van der Waals surface area contributed by atoms with E-state index in [1.54, 1.807) is 7.11 Å². The highest BCUT2D eigenvalue weighted by atomic mass is 16.6. The third kappa shape index (κ3) is 8.37. The van der Waals surface area contributed by atoms with Crippen molar-refractivity contribution in [1.82, 2.24) is 0 Å². The standard InChI is InChI=1S/C21H35NO2/c1-5-6-7-8-9-10-11-12-17-24-20-15-13-19(14-16-20)21(18(2)3)22-23-4/h13-16,18H,5-12,17H2,1-4H3. The van der Waals surface area contributed by atoms with Gasteiger partial charge in [-0.3, -0.25) is 0 Å². The monoisotopic (exact) mass is 333 g/mol. The van der Waals surface area contributed by atoms with Crippen molar-refractivity contribution < 1.29 is 9.57 Å². The third-order valence-electron chi connectivity index (χ3n) is 4.15. The van der Waals surface area contributed by atoms with Crippen molar-refractivity contribution in [2.45, 2.75) is 72.1 Å². The largest absolute Gasteiger partial charge is 0.494 e. The molecule has 0 saturated carbocycles. The zero-order valence-corrected chi connectivity index (χ0v) is 16.0. The van der Waals surface area contributed by atoms with Crippen LogP contribution in [0.1, 0.15) is 77.7 Å². The summed E-state index contributed by atoms with van der Waals surface area (Å²) in [6.07, 6.45) is 10.6. The van der Waals surface area contributed by atoms with Crippen LogP contribution in [0.25, 0.3) is 0 Å². The minimum atomic E-state index is 0.328. The van der Waals surface area contributed by atoms with Crippen LogP contribution in [0.5, 0.6) is 5.75 Å². The molecule has 0 aliphatic heterocycles. The Labute approximate surface area is 148 Å². The Hall–Kier alpha value is -1.51. The Kier molecular flexibility index (Phi) is 11.0. The number of rotatable bonds is 13. The highest BCUT2D eigenvalue weighted by Crippen LogP contribution is 2.17. The summed E-state index contributed by atoms with van der Waals surface area (Å²) in [7, 11) is 1.59. The molecule has 0 aromatic heterocycles. The molecule has 1 rings (SSSR count). The maximum atomic E-state index is 5.84. The fourth-order valence-corrected chi connectivity index (χ4v) is 2.74. The smallest absolute Gasteiger partial charge is 0.119 e. The molecule has 136 valence electrons. The number of unbranched alkanes of at least 4 members (excludes halogenated alkanes) is 7. The molecule has 0 N–H and O–H groups in total. The quantitative estimate of drug-likeness (QED) is 0.244. The lowest BCUT2D eigenvalue weighted by molar-refractivity contribution is 0.212. The SMILES string of the molecule is CCCCCCCCCCOc1ccc(C(=NOC)C(C)C)cc1. The first-order chi connectivity index (χ1) is 11.7. The van der Waals surface area contributed by atoms with Crippen LogP contribution < -0.4 is 4.74 Å². The summed E-state index contributed by atoms with van der Waals surface area (Å²) in [5, 5.41) is 4.12. The van der Waals surface area contributed by atoms with Crippen LogP contribution in [0, 0.1) is 5.92 Å². The average Bonchev–Trinajstić information content (AvgIpc) is 2.58. The Bertz CT molecular complexity index is 451. The van der Waals surface area contributed by atoms with Crippen molar-refractivity contribution in [3.05, 3.63) is 29.8 Å². The first-order valence-corrected chi connectivity index (χ1v) is 9.53. The molecule has 0 aliphatic carbocycles. The zero-order valence-electron chi connectivity index (χ0n) is 16.0. The number of nitrogens with zero attached hydrogens (tertiary/aromatic N) is 1. The summed E-state index contributed by atoms with van der Waals surface area (Å²) in [5.74, 6) is 1.26. The van der Waals surface area contributed by atoms with E-state index in [4.69, 9.17) is 9.57 Å². The Morgan fingerprint density at radius 1 is 0.917 bits per heavy atom. The molecule has 0 heterocycles. The lowest BCUT2D eigenvalue weighted by atomic mass is 10.0. The molecule has 1 aromatic rings. The lowest BCUT2D eigenvalue weighted by Gasteiger charge is -2.11. The van der Waals surface area contributed by atoms with Crippen LogP contribution in [0.15, 0.2) is 29.4 Å². The van der Waals surface area contributed by atoms with E-state index in [1.807, 2.05) is 12.1 Å². The second-order valence-corrected chi connectivity index (χ2v) is 6.66. The number of oxime groups is 1. The maximum Gasteiger partial charge on any atom is 0.119 e. The molecule has 3 heteroatoms. The van der Waals surface area contributed by atoms with E-state index in [0.29, 0.717) is 5.92 Å². The summed E-state index contributed by atoms with van der Waals surface area (Å²) < 4.78 is 5.84. The molecule has 3 nitrogen and oxygen atoms in total. The van der Waals surface area contributed by atoms with E-state index in [0.717, 1.165) is 30.1 Å². The van der Waals surface area contributed by atoms with Gasteiger partial charge in [-0.2, -0.15) is 0 Å². The van der Waals surface area contributed by atoms with Crippen molar-refractivity contribution in [2.75, 3.05) is 13.7 Å². The van der Waals surface area contributed by atoms with Crippen LogP contribution in [0.4, 0.5) is 0 Å². The first kappa shape index (κ1) is 20.5. The zero-order chi connectivity index (χ0) is 17.6. The molecule has 0 saturated heterocycles. The predicted octanol–water partition coefficient (Wildman–Crippen LogP) is 6.21. The highest BCUT2D eigenvalue weighted by molar-refractivity contribution is 6.01. The van der Waals surface area contributed by atoms with Gasteiger partial charge in [0.05, 0.1) is 12.3 Å². The molecule has 0 fully saturated rings. The summed E-state index contributed by atoms with van der Waals surface area (Å²) in [4.78, 5) is 4.94. The summed E-state index contributed by atoms with van der Waals surface area (Å²) in [6, 6.07) is 8.16. The minimum absolute atomic E-state index is 0.328. The molecule has 0 atom stereocenters. The Balaban J connectivity index is 2.24. The van der Waals surface area contributed by atoms with Crippen molar-refractivity contribution in [2.24, 2.45) is 11.1 Å². The van der Waals surface area contributed by atoms with Gasteiger partial charge in [0.15, 0.2) is 0 Å². The van der Waals surface area contributed by atoms with Gasteiger partial charge in [0.2, 0.25) is 0 Å². The van der Waals surface area contributed by atoms with Gasteiger partial charge in [-0.1, -0.05) is 70.9 Å². The topological polar surface area (TPSA) is 30.8 Å². The number of hydrogen-bond donors (Lipinski definition) is 0.